The van der Waals surface area contributed by atoms with Crippen molar-refractivity contribution in [3.05, 3.63) is 75.2 Å². The van der Waals surface area contributed by atoms with Gasteiger partial charge in [-0.3, -0.25) is 24.0 Å². The van der Waals surface area contributed by atoms with Crippen molar-refractivity contribution in [1.29, 1.82) is 0 Å². The second kappa shape index (κ2) is 8.59. The number of halogens is 1. The quantitative estimate of drug-likeness (QED) is 0.302. The standard InChI is InChI=1S/C26H20ClN5O2S/c1-15-29-30-22-14-28-23(19-10-4-5-11-21(19)27)20-13-16(35-26(20)32(15)22)7-6-12-31-24(33)17-8-2-3-9-18(17)25(31)34/h2-5,10-11,13,17-18H,8-9,12,14H2,1H3. The first kappa shape index (κ1) is 22.0. The minimum absolute atomic E-state index is 0.0929. The number of aliphatic imine (C=N–C) groups is 1. The zero-order valence-electron chi connectivity index (χ0n) is 18.9. The van der Waals surface area contributed by atoms with Gasteiger partial charge in [-0.05, 0) is 31.9 Å². The molecule has 2 aromatic heterocycles. The van der Waals surface area contributed by atoms with Gasteiger partial charge in [-0.25, -0.2) is 0 Å². The number of hydrogen-bond acceptors (Lipinski definition) is 6. The highest BCUT2D eigenvalue weighted by molar-refractivity contribution is 7.15. The minimum Gasteiger partial charge on any atom is -0.276 e. The highest BCUT2D eigenvalue weighted by atomic mass is 35.5. The van der Waals surface area contributed by atoms with E-state index in [1.165, 1.54) is 16.2 Å². The van der Waals surface area contributed by atoms with Gasteiger partial charge in [0.2, 0.25) is 11.8 Å². The molecule has 3 aliphatic rings. The van der Waals surface area contributed by atoms with E-state index in [1.54, 1.807) is 0 Å². The van der Waals surface area contributed by atoms with Crippen LogP contribution in [0.25, 0.3) is 5.00 Å². The molecule has 0 saturated carbocycles. The molecule has 3 aromatic rings. The predicted molar refractivity (Wildman–Crippen MR) is 134 cm³/mol. The van der Waals surface area contributed by atoms with Gasteiger partial charge < -0.3 is 0 Å². The molecule has 2 aliphatic heterocycles. The van der Waals surface area contributed by atoms with Crippen molar-refractivity contribution >= 4 is 40.5 Å². The lowest BCUT2D eigenvalue weighted by atomic mass is 9.85. The van der Waals surface area contributed by atoms with Crippen molar-refractivity contribution in [3.8, 4) is 16.8 Å². The molecule has 2 atom stereocenters. The van der Waals surface area contributed by atoms with Gasteiger partial charge in [0.05, 0.1) is 29.0 Å². The van der Waals surface area contributed by atoms with E-state index in [0.717, 1.165) is 38.4 Å². The smallest absolute Gasteiger partial charge is 0.234 e. The number of amides is 2. The Balaban J connectivity index is 1.35. The molecule has 0 bridgehead atoms. The zero-order chi connectivity index (χ0) is 24.1. The fourth-order valence-corrected chi connectivity index (χ4v) is 6.23. The molecule has 4 heterocycles. The normalized spacial score (nSPS) is 20.5. The first-order chi connectivity index (χ1) is 17.0. The SMILES string of the molecule is Cc1nnc2n1-c1sc(C#CCN3C(=O)C4CC=CCC4C3=O)cc1C(c1ccccc1Cl)=NC2. The largest absolute Gasteiger partial charge is 0.276 e. The molecule has 6 rings (SSSR count). The molecule has 1 aliphatic carbocycles. The molecule has 0 N–H and O–H groups in total. The van der Waals surface area contributed by atoms with Crippen LogP contribution >= 0.6 is 22.9 Å². The average molecular weight is 502 g/mol. The van der Waals surface area contributed by atoms with Crippen molar-refractivity contribution in [2.75, 3.05) is 6.54 Å². The van der Waals surface area contributed by atoms with Gasteiger partial charge >= 0.3 is 0 Å². The average Bonchev–Trinajstić information content (AvgIpc) is 3.48. The van der Waals surface area contributed by atoms with Crippen LogP contribution in [0.3, 0.4) is 0 Å². The summed E-state index contributed by atoms with van der Waals surface area (Å²) in [5.74, 6) is 7.03. The Morgan fingerprint density at radius 1 is 1.09 bits per heavy atom. The van der Waals surface area contributed by atoms with Gasteiger partial charge in [-0.2, -0.15) is 0 Å². The Labute approximate surface area is 211 Å². The highest BCUT2D eigenvalue weighted by Crippen LogP contribution is 2.36. The summed E-state index contributed by atoms with van der Waals surface area (Å²) in [7, 11) is 0. The Morgan fingerprint density at radius 2 is 1.83 bits per heavy atom. The molecule has 7 nitrogen and oxygen atoms in total. The van der Waals surface area contributed by atoms with Crippen LogP contribution in [0.15, 0.2) is 47.5 Å². The molecule has 1 saturated heterocycles. The van der Waals surface area contributed by atoms with Crippen LogP contribution < -0.4 is 0 Å². The van der Waals surface area contributed by atoms with E-state index in [0.29, 0.717) is 24.4 Å². The van der Waals surface area contributed by atoms with Crippen LogP contribution in [0.4, 0.5) is 0 Å². The number of aryl methyl sites for hydroxylation is 1. The zero-order valence-corrected chi connectivity index (χ0v) is 20.4. The molecule has 0 spiro atoms. The van der Waals surface area contributed by atoms with E-state index in [1.807, 2.05) is 54.0 Å². The number of imide groups is 1. The Bertz CT molecular complexity index is 1480. The molecule has 9 heteroatoms. The third kappa shape index (κ3) is 3.63. The summed E-state index contributed by atoms with van der Waals surface area (Å²) in [4.78, 5) is 32.4. The Kier molecular flexibility index (Phi) is 5.39. The first-order valence-corrected chi connectivity index (χ1v) is 12.6. The molecule has 1 fully saturated rings. The van der Waals surface area contributed by atoms with Gasteiger partial charge in [0.1, 0.15) is 17.4 Å². The maximum Gasteiger partial charge on any atom is 0.234 e. The van der Waals surface area contributed by atoms with Gasteiger partial charge in [0, 0.05) is 16.1 Å². The van der Waals surface area contributed by atoms with Gasteiger partial charge in [0.25, 0.3) is 0 Å². The van der Waals surface area contributed by atoms with E-state index in [9.17, 15) is 9.59 Å². The summed E-state index contributed by atoms with van der Waals surface area (Å²) < 4.78 is 2.00. The van der Waals surface area contributed by atoms with E-state index >= 15 is 0 Å². The summed E-state index contributed by atoms with van der Waals surface area (Å²) >= 11 is 8.03. The van der Waals surface area contributed by atoms with Crippen molar-refractivity contribution < 1.29 is 9.59 Å². The van der Waals surface area contributed by atoms with Crippen molar-refractivity contribution in [2.24, 2.45) is 16.8 Å². The molecule has 35 heavy (non-hydrogen) atoms. The van der Waals surface area contributed by atoms with Crippen LogP contribution in [0.5, 0.6) is 0 Å². The topological polar surface area (TPSA) is 80.5 Å². The lowest BCUT2D eigenvalue weighted by molar-refractivity contribution is -0.139. The molecule has 2 amide bonds. The monoisotopic (exact) mass is 501 g/mol. The van der Waals surface area contributed by atoms with E-state index in [4.69, 9.17) is 16.6 Å². The molecular weight excluding hydrogens is 482 g/mol. The van der Waals surface area contributed by atoms with Gasteiger partial charge in [0.15, 0.2) is 5.82 Å². The summed E-state index contributed by atoms with van der Waals surface area (Å²) in [5, 5.41) is 10.1. The highest BCUT2D eigenvalue weighted by Gasteiger charge is 2.46. The number of rotatable bonds is 2. The second-order valence-electron chi connectivity index (χ2n) is 8.69. The van der Waals surface area contributed by atoms with Crippen LogP contribution in [0, 0.1) is 30.6 Å². The number of fused-ring (bicyclic) bond motifs is 4. The number of thiophene rings is 1. The van der Waals surface area contributed by atoms with Crippen LogP contribution in [0.2, 0.25) is 5.02 Å². The van der Waals surface area contributed by atoms with Crippen LogP contribution in [-0.2, 0) is 16.1 Å². The molecular formula is C26H20ClN5O2S. The number of carbonyl (C=O) groups excluding carboxylic acids is 2. The third-order valence-electron chi connectivity index (χ3n) is 6.62. The lowest BCUT2D eigenvalue weighted by Crippen LogP contribution is -2.31. The number of benzene rings is 1. The summed E-state index contributed by atoms with van der Waals surface area (Å²) in [6.45, 7) is 2.39. The number of hydrogen-bond donors (Lipinski definition) is 0. The fraction of sp³-hybridized carbons (Fsp3) is 0.269. The van der Waals surface area contributed by atoms with Crippen LogP contribution in [0.1, 0.15) is 40.5 Å². The number of likely N-dealkylation sites (tertiary alicyclic amines) is 1. The Hall–Kier alpha value is -3.54. The number of carbonyl (C=O) groups is 2. The summed E-state index contributed by atoms with van der Waals surface area (Å²) in [6.07, 6.45) is 5.22. The second-order valence-corrected chi connectivity index (χ2v) is 10.1. The fourth-order valence-electron chi connectivity index (χ4n) is 4.90. The molecule has 1 aromatic carbocycles. The molecule has 2 unspecified atom stereocenters. The maximum atomic E-state index is 12.7. The Morgan fingerprint density at radius 3 is 2.57 bits per heavy atom. The van der Waals surface area contributed by atoms with E-state index in [2.05, 4.69) is 22.0 Å². The maximum absolute atomic E-state index is 12.7. The molecule has 174 valence electrons. The van der Waals surface area contributed by atoms with Gasteiger partial charge in [-0.1, -0.05) is 53.8 Å². The minimum atomic E-state index is -0.239. The van der Waals surface area contributed by atoms with E-state index < -0.39 is 0 Å². The van der Waals surface area contributed by atoms with Crippen molar-refractivity contribution in [2.45, 2.75) is 26.3 Å². The van der Waals surface area contributed by atoms with E-state index in [-0.39, 0.29) is 30.2 Å². The number of nitrogens with zero attached hydrogens (tertiary/aromatic N) is 5. The van der Waals surface area contributed by atoms with Crippen molar-refractivity contribution in [1.82, 2.24) is 19.7 Å². The molecule has 0 radical (unpaired) electrons. The third-order valence-corrected chi connectivity index (χ3v) is 7.98. The first-order valence-electron chi connectivity index (χ1n) is 11.4. The summed E-state index contributed by atoms with van der Waals surface area (Å²) in [6, 6.07) is 9.61. The number of aromatic nitrogens is 3. The van der Waals surface area contributed by atoms with Crippen LogP contribution in [-0.4, -0.2) is 43.7 Å². The lowest BCUT2D eigenvalue weighted by Gasteiger charge is -2.14. The van der Waals surface area contributed by atoms with Gasteiger partial charge in [-0.15, -0.1) is 21.5 Å². The van der Waals surface area contributed by atoms with Crippen molar-refractivity contribution in [3.63, 3.8) is 0 Å². The predicted octanol–water partition coefficient (Wildman–Crippen LogP) is 3.94. The number of allylic oxidation sites excluding steroid dienone is 2. The summed E-state index contributed by atoms with van der Waals surface area (Å²) in [5.41, 5.74) is 2.52.